The monoisotopic (exact) mass is 508 g/mol. The van der Waals surface area contributed by atoms with Crippen molar-refractivity contribution in [2.45, 2.75) is 24.3 Å². The van der Waals surface area contributed by atoms with Crippen molar-refractivity contribution in [1.29, 1.82) is 0 Å². The molecule has 3 aromatic carbocycles. The standard InChI is InChI=1S/C30H28N4O4/c35-27(19-36-23-9-5-2-6-10-23)32-25-17-37-29-26(18-38-28(25)29)34-30-31-16-15-24(33-30)22-13-11-21(12-14-22)20-7-3-1-4-8-20/h1-16,25-26,28-29H,17-19H2,(H,32,35)(H,31,33,34). The Hall–Kier alpha value is -4.27. The Kier molecular flexibility index (Phi) is 6.97. The largest absolute Gasteiger partial charge is 0.484 e. The predicted molar refractivity (Wildman–Crippen MR) is 144 cm³/mol. The van der Waals surface area contributed by atoms with E-state index in [0.29, 0.717) is 24.9 Å². The van der Waals surface area contributed by atoms with Crippen molar-refractivity contribution in [1.82, 2.24) is 15.3 Å². The summed E-state index contributed by atoms with van der Waals surface area (Å²) in [6.07, 6.45) is 1.28. The second-order valence-electron chi connectivity index (χ2n) is 9.33. The van der Waals surface area contributed by atoms with E-state index < -0.39 is 0 Å². The van der Waals surface area contributed by atoms with E-state index in [-0.39, 0.29) is 36.8 Å². The van der Waals surface area contributed by atoms with Gasteiger partial charge in [0, 0.05) is 11.8 Å². The fourth-order valence-electron chi connectivity index (χ4n) is 4.88. The Morgan fingerprint density at radius 3 is 2.18 bits per heavy atom. The second kappa shape index (κ2) is 11.0. The Morgan fingerprint density at radius 1 is 0.789 bits per heavy atom. The van der Waals surface area contributed by atoms with Gasteiger partial charge in [-0.05, 0) is 29.3 Å². The van der Waals surface area contributed by atoms with Crippen molar-refractivity contribution < 1.29 is 19.0 Å². The molecule has 1 amide bonds. The summed E-state index contributed by atoms with van der Waals surface area (Å²) in [6, 6.07) is 29.4. The molecule has 8 heteroatoms. The summed E-state index contributed by atoms with van der Waals surface area (Å²) >= 11 is 0. The van der Waals surface area contributed by atoms with Gasteiger partial charge < -0.3 is 24.8 Å². The van der Waals surface area contributed by atoms with Gasteiger partial charge in [-0.25, -0.2) is 9.97 Å². The highest BCUT2D eigenvalue weighted by atomic mass is 16.6. The summed E-state index contributed by atoms with van der Waals surface area (Å²) in [4.78, 5) is 21.6. The van der Waals surface area contributed by atoms with Gasteiger partial charge >= 0.3 is 0 Å². The number of benzene rings is 3. The van der Waals surface area contributed by atoms with Crippen LogP contribution < -0.4 is 15.4 Å². The summed E-state index contributed by atoms with van der Waals surface area (Å²) in [5, 5.41) is 6.35. The molecule has 2 saturated heterocycles. The molecule has 3 heterocycles. The number of carbonyl (C=O) groups is 1. The lowest BCUT2D eigenvalue weighted by atomic mass is 10.0. The third-order valence-electron chi connectivity index (χ3n) is 6.77. The first-order chi connectivity index (χ1) is 18.7. The maximum absolute atomic E-state index is 12.4. The minimum absolute atomic E-state index is 0.0630. The lowest BCUT2D eigenvalue weighted by molar-refractivity contribution is -0.124. The minimum Gasteiger partial charge on any atom is -0.484 e. The van der Waals surface area contributed by atoms with Crippen LogP contribution in [0.4, 0.5) is 5.95 Å². The average Bonchev–Trinajstić information content (AvgIpc) is 3.56. The molecule has 0 spiro atoms. The molecule has 4 atom stereocenters. The highest BCUT2D eigenvalue weighted by molar-refractivity contribution is 5.78. The zero-order chi connectivity index (χ0) is 25.7. The van der Waals surface area contributed by atoms with Crippen molar-refractivity contribution >= 4 is 11.9 Å². The Bertz CT molecular complexity index is 1370. The molecule has 2 aliphatic heterocycles. The van der Waals surface area contributed by atoms with E-state index in [0.717, 1.165) is 16.8 Å². The molecule has 0 aliphatic carbocycles. The SMILES string of the molecule is O=C(COc1ccccc1)NC1COC2C(Nc3nccc(-c4ccc(-c5ccccc5)cc4)n3)COC12. The molecule has 2 aliphatic rings. The molecule has 4 aromatic rings. The molecule has 0 bridgehead atoms. The molecule has 1 aromatic heterocycles. The van der Waals surface area contributed by atoms with Crippen molar-refractivity contribution in [3.05, 3.63) is 97.2 Å². The van der Waals surface area contributed by atoms with Crippen LogP contribution in [-0.4, -0.2) is 60.0 Å². The zero-order valence-corrected chi connectivity index (χ0v) is 20.7. The summed E-state index contributed by atoms with van der Waals surface area (Å²) in [7, 11) is 0. The third-order valence-corrected chi connectivity index (χ3v) is 6.77. The fourth-order valence-corrected chi connectivity index (χ4v) is 4.88. The van der Waals surface area contributed by atoms with Gasteiger partial charge in [-0.2, -0.15) is 0 Å². The maximum atomic E-state index is 12.4. The number of carbonyl (C=O) groups excluding carboxylic acids is 1. The van der Waals surface area contributed by atoms with Crippen molar-refractivity contribution in [3.8, 4) is 28.1 Å². The van der Waals surface area contributed by atoms with Gasteiger partial charge in [0.25, 0.3) is 5.91 Å². The van der Waals surface area contributed by atoms with Crippen LogP contribution in [0.1, 0.15) is 0 Å². The Morgan fingerprint density at radius 2 is 1.42 bits per heavy atom. The summed E-state index contributed by atoms with van der Waals surface area (Å²) in [5.41, 5.74) is 4.17. The Balaban J connectivity index is 1.05. The number of fused-ring (bicyclic) bond motifs is 1. The minimum atomic E-state index is -0.248. The first-order valence-electron chi connectivity index (χ1n) is 12.7. The number of hydrogen-bond donors (Lipinski definition) is 2. The first-order valence-corrected chi connectivity index (χ1v) is 12.7. The number of amides is 1. The van der Waals surface area contributed by atoms with Gasteiger partial charge in [0.2, 0.25) is 5.95 Å². The van der Waals surface area contributed by atoms with Crippen molar-refractivity contribution in [2.75, 3.05) is 25.1 Å². The number of aromatic nitrogens is 2. The number of anilines is 1. The van der Waals surface area contributed by atoms with E-state index in [1.807, 2.05) is 54.6 Å². The number of para-hydroxylation sites is 1. The topological polar surface area (TPSA) is 94.6 Å². The lowest BCUT2D eigenvalue weighted by Gasteiger charge is -2.18. The first kappa shape index (κ1) is 24.1. The van der Waals surface area contributed by atoms with Crippen LogP contribution in [0.25, 0.3) is 22.4 Å². The smallest absolute Gasteiger partial charge is 0.258 e. The van der Waals surface area contributed by atoms with E-state index in [4.69, 9.17) is 19.2 Å². The van der Waals surface area contributed by atoms with Crippen LogP contribution in [0.3, 0.4) is 0 Å². The van der Waals surface area contributed by atoms with Crippen molar-refractivity contribution in [3.63, 3.8) is 0 Å². The van der Waals surface area contributed by atoms with E-state index in [1.165, 1.54) is 5.56 Å². The summed E-state index contributed by atoms with van der Waals surface area (Å²) < 4.78 is 17.6. The van der Waals surface area contributed by atoms with Gasteiger partial charge in [-0.3, -0.25) is 4.79 Å². The number of nitrogens with one attached hydrogen (secondary N) is 2. The molecule has 6 rings (SSSR count). The lowest BCUT2D eigenvalue weighted by Crippen LogP contribution is -2.46. The molecule has 38 heavy (non-hydrogen) atoms. The molecule has 192 valence electrons. The highest BCUT2D eigenvalue weighted by Crippen LogP contribution is 2.29. The van der Waals surface area contributed by atoms with Gasteiger partial charge in [-0.15, -0.1) is 0 Å². The molecule has 4 unspecified atom stereocenters. The fraction of sp³-hybridized carbons (Fsp3) is 0.233. The third kappa shape index (κ3) is 5.37. The second-order valence-corrected chi connectivity index (χ2v) is 9.33. The highest BCUT2D eigenvalue weighted by Gasteiger charge is 2.48. The van der Waals surface area contributed by atoms with Gasteiger partial charge in [0.1, 0.15) is 18.0 Å². The van der Waals surface area contributed by atoms with E-state index >= 15 is 0 Å². The molecule has 0 saturated carbocycles. The van der Waals surface area contributed by atoms with Crippen LogP contribution in [-0.2, 0) is 14.3 Å². The molecular weight excluding hydrogens is 480 g/mol. The summed E-state index contributed by atoms with van der Waals surface area (Å²) in [6.45, 7) is 0.743. The van der Waals surface area contributed by atoms with Crippen molar-refractivity contribution in [2.24, 2.45) is 0 Å². The quantitative estimate of drug-likeness (QED) is 0.372. The van der Waals surface area contributed by atoms with Gasteiger partial charge in [-0.1, -0.05) is 72.8 Å². The van der Waals surface area contributed by atoms with Crippen LogP contribution in [0.5, 0.6) is 5.75 Å². The maximum Gasteiger partial charge on any atom is 0.258 e. The molecule has 2 N–H and O–H groups in total. The number of hydrogen-bond acceptors (Lipinski definition) is 7. The van der Waals surface area contributed by atoms with E-state index in [1.54, 1.807) is 6.20 Å². The van der Waals surface area contributed by atoms with Gasteiger partial charge in [0.05, 0.1) is 31.0 Å². The number of ether oxygens (including phenoxy) is 3. The number of rotatable bonds is 8. The molecule has 2 fully saturated rings. The van der Waals surface area contributed by atoms with E-state index in [9.17, 15) is 4.79 Å². The Labute approximate surface area is 221 Å². The summed E-state index contributed by atoms with van der Waals surface area (Å²) in [5.74, 6) is 0.951. The zero-order valence-electron chi connectivity index (χ0n) is 20.7. The molecule has 0 radical (unpaired) electrons. The van der Waals surface area contributed by atoms with Crippen LogP contribution >= 0.6 is 0 Å². The molecule has 8 nitrogen and oxygen atoms in total. The molecular formula is C30H28N4O4. The van der Waals surface area contributed by atoms with Crippen LogP contribution in [0, 0.1) is 0 Å². The van der Waals surface area contributed by atoms with Crippen LogP contribution in [0.15, 0.2) is 97.2 Å². The van der Waals surface area contributed by atoms with E-state index in [2.05, 4.69) is 52.0 Å². The van der Waals surface area contributed by atoms with Gasteiger partial charge in [0.15, 0.2) is 6.61 Å². The van der Waals surface area contributed by atoms with Crippen LogP contribution in [0.2, 0.25) is 0 Å². The normalized spacial score (nSPS) is 22.0. The predicted octanol–water partition coefficient (Wildman–Crippen LogP) is 3.95. The number of nitrogens with zero attached hydrogens (tertiary/aromatic N) is 2. The average molecular weight is 509 g/mol.